The quantitative estimate of drug-likeness (QED) is 0.811. The maximum absolute atomic E-state index is 4.50. The average Bonchev–Trinajstić information content (AvgIpc) is 3.05. The first-order chi connectivity index (χ1) is 9.30. The van der Waals surface area contributed by atoms with Crippen molar-refractivity contribution in [1.29, 1.82) is 0 Å². The molecule has 108 valence electrons. The van der Waals surface area contributed by atoms with E-state index in [0.717, 1.165) is 31.3 Å². The maximum Gasteiger partial charge on any atom is 0.0556 e. The fourth-order valence-electron chi connectivity index (χ4n) is 3.53. The van der Waals surface area contributed by atoms with E-state index in [1.54, 1.807) is 0 Å². The molecule has 1 aromatic rings. The van der Waals surface area contributed by atoms with Gasteiger partial charge in [-0.15, -0.1) is 0 Å². The van der Waals surface area contributed by atoms with Gasteiger partial charge in [0.1, 0.15) is 0 Å². The Balaban J connectivity index is 2.13. The maximum atomic E-state index is 4.50. The molecule has 1 saturated carbocycles. The summed E-state index contributed by atoms with van der Waals surface area (Å²) in [5.41, 5.74) is 1.39. The highest BCUT2D eigenvalue weighted by atomic mass is 15.3. The lowest BCUT2D eigenvalue weighted by Gasteiger charge is -2.25. The normalized spacial score (nSPS) is 24.8. The van der Waals surface area contributed by atoms with Gasteiger partial charge < -0.3 is 5.32 Å². The molecular formula is C16H29N3. The molecule has 3 atom stereocenters. The van der Waals surface area contributed by atoms with E-state index in [1.807, 2.05) is 6.20 Å². The van der Waals surface area contributed by atoms with Gasteiger partial charge >= 0.3 is 0 Å². The van der Waals surface area contributed by atoms with Crippen molar-refractivity contribution in [2.24, 2.45) is 11.8 Å². The van der Waals surface area contributed by atoms with Crippen molar-refractivity contribution in [3.05, 3.63) is 18.0 Å². The second kappa shape index (κ2) is 7.09. The van der Waals surface area contributed by atoms with E-state index in [-0.39, 0.29) is 0 Å². The predicted molar refractivity (Wildman–Crippen MR) is 80.1 cm³/mol. The average molecular weight is 263 g/mol. The minimum Gasteiger partial charge on any atom is -0.309 e. The van der Waals surface area contributed by atoms with Gasteiger partial charge in [-0.05, 0) is 43.7 Å². The lowest BCUT2D eigenvalue weighted by molar-refractivity contribution is 0.338. The third-order valence-corrected chi connectivity index (χ3v) is 4.56. The second-order valence-electron chi connectivity index (χ2n) is 5.86. The number of aryl methyl sites for hydroxylation is 1. The predicted octanol–water partition coefficient (Wildman–Crippen LogP) is 3.77. The first-order valence-electron chi connectivity index (χ1n) is 8.05. The van der Waals surface area contributed by atoms with Crippen molar-refractivity contribution in [3.8, 4) is 0 Å². The van der Waals surface area contributed by atoms with Gasteiger partial charge in [0.15, 0.2) is 0 Å². The van der Waals surface area contributed by atoms with Gasteiger partial charge in [-0.2, -0.15) is 5.10 Å². The summed E-state index contributed by atoms with van der Waals surface area (Å²) in [5.74, 6) is 1.73. The zero-order chi connectivity index (χ0) is 13.7. The summed E-state index contributed by atoms with van der Waals surface area (Å²) in [4.78, 5) is 0. The van der Waals surface area contributed by atoms with E-state index in [9.17, 15) is 0 Å². The molecule has 1 N–H and O–H groups in total. The Hall–Kier alpha value is -0.830. The third-order valence-electron chi connectivity index (χ3n) is 4.56. The molecule has 0 aliphatic heterocycles. The molecule has 1 aliphatic carbocycles. The van der Waals surface area contributed by atoms with Crippen molar-refractivity contribution < 1.29 is 0 Å². The van der Waals surface area contributed by atoms with Crippen molar-refractivity contribution in [2.75, 3.05) is 6.54 Å². The summed E-state index contributed by atoms with van der Waals surface area (Å²) in [5, 5.41) is 8.21. The lowest BCUT2D eigenvalue weighted by Crippen LogP contribution is -2.29. The fraction of sp³-hybridized carbons (Fsp3) is 0.812. The van der Waals surface area contributed by atoms with Crippen LogP contribution >= 0.6 is 0 Å². The van der Waals surface area contributed by atoms with Crippen LogP contribution in [-0.2, 0) is 6.54 Å². The summed E-state index contributed by atoms with van der Waals surface area (Å²) in [6.07, 6.45) is 8.60. The molecule has 1 aliphatic rings. The van der Waals surface area contributed by atoms with Crippen LogP contribution in [0.15, 0.2) is 12.3 Å². The Kier molecular flexibility index (Phi) is 5.44. The number of nitrogens with one attached hydrogen (secondary N) is 1. The van der Waals surface area contributed by atoms with Crippen molar-refractivity contribution in [2.45, 2.75) is 65.5 Å². The molecule has 19 heavy (non-hydrogen) atoms. The van der Waals surface area contributed by atoms with E-state index in [0.29, 0.717) is 6.04 Å². The summed E-state index contributed by atoms with van der Waals surface area (Å²) < 4.78 is 2.20. The Labute approximate surface area is 117 Å². The molecule has 1 fully saturated rings. The Bertz CT molecular complexity index is 372. The van der Waals surface area contributed by atoms with E-state index >= 15 is 0 Å². The van der Waals surface area contributed by atoms with Crippen LogP contribution in [-0.4, -0.2) is 16.3 Å². The van der Waals surface area contributed by atoms with Gasteiger partial charge in [0.05, 0.1) is 11.7 Å². The monoisotopic (exact) mass is 263 g/mol. The molecular weight excluding hydrogens is 234 g/mol. The molecule has 1 heterocycles. The molecule has 3 heteroatoms. The van der Waals surface area contributed by atoms with E-state index in [4.69, 9.17) is 0 Å². The van der Waals surface area contributed by atoms with Crippen molar-refractivity contribution >= 4 is 0 Å². The molecule has 0 spiro atoms. The van der Waals surface area contributed by atoms with Crippen LogP contribution in [0.3, 0.4) is 0 Å². The zero-order valence-corrected chi connectivity index (χ0v) is 12.7. The van der Waals surface area contributed by atoms with E-state index in [1.165, 1.54) is 31.4 Å². The van der Waals surface area contributed by atoms with Gasteiger partial charge in [0.2, 0.25) is 0 Å². The standard InChI is InChI=1S/C16H29N3/c1-4-11-19-15(9-10-18-19)16(17-6-3)14-8-7-13(5-2)12-14/h9-10,13-14,16-17H,4-8,11-12H2,1-3H3. The highest BCUT2D eigenvalue weighted by molar-refractivity contribution is 5.09. The smallest absolute Gasteiger partial charge is 0.0556 e. The second-order valence-corrected chi connectivity index (χ2v) is 5.86. The minimum absolute atomic E-state index is 0.496. The van der Waals surface area contributed by atoms with Crippen LogP contribution < -0.4 is 5.32 Å². The Morgan fingerprint density at radius 2 is 2.21 bits per heavy atom. The molecule has 0 saturated heterocycles. The number of hydrogen-bond acceptors (Lipinski definition) is 2. The van der Waals surface area contributed by atoms with Crippen LogP contribution in [0.2, 0.25) is 0 Å². The van der Waals surface area contributed by atoms with Crippen LogP contribution in [0.4, 0.5) is 0 Å². The summed E-state index contributed by atoms with van der Waals surface area (Å²) in [7, 11) is 0. The summed E-state index contributed by atoms with van der Waals surface area (Å²) >= 11 is 0. The van der Waals surface area contributed by atoms with Crippen LogP contribution in [0.1, 0.15) is 64.6 Å². The first kappa shape index (κ1) is 14.6. The zero-order valence-electron chi connectivity index (χ0n) is 12.7. The topological polar surface area (TPSA) is 29.9 Å². The number of rotatable bonds is 7. The van der Waals surface area contributed by atoms with Gasteiger partial charge in [0.25, 0.3) is 0 Å². The van der Waals surface area contributed by atoms with E-state index in [2.05, 4.69) is 41.9 Å². The Morgan fingerprint density at radius 1 is 1.37 bits per heavy atom. The highest BCUT2D eigenvalue weighted by Gasteiger charge is 2.31. The van der Waals surface area contributed by atoms with Crippen LogP contribution in [0.5, 0.6) is 0 Å². The van der Waals surface area contributed by atoms with Gasteiger partial charge in [-0.3, -0.25) is 4.68 Å². The molecule has 2 rings (SSSR count). The summed E-state index contributed by atoms with van der Waals surface area (Å²) in [6, 6.07) is 2.71. The molecule has 0 aromatic carbocycles. The highest BCUT2D eigenvalue weighted by Crippen LogP contribution is 2.40. The minimum atomic E-state index is 0.496. The van der Waals surface area contributed by atoms with Crippen molar-refractivity contribution in [1.82, 2.24) is 15.1 Å². The van der Waals surface area contributed by atoms with Gasteiger partial charge in [-0.1, -0.05) is 33.6 Å². The summed E-state index contributed by atoms with van der Waals surface area (Å²) in [6.45, 7) is 8.83. The van der Waals surface area contributed by atoms with Crippen molar-refractivity contribution in [3.63, 3.8) is 0 Å². The third kappa shape index (κ3) is 3.38. The number of nitrogens with zero attached hydrogens (tertiary/aromatic N) is 2. The largest absolute Gasteiger partial charge is 0.309 e. The number of hydrogen-bond donors (Lipinski definition) is 1. The molecule has 1 aromatic heterocycles. The first-order valence-corrected chi connectivity index (χ1v) is 8.05. The van der Waals surface area contributed by atoms with Crippen LogP contribution in [0, 0.1) is 11.8 Å². The van der Waals surface area contributed by atoms with Gasteiger partial charge in [-0.25, -0.2) is 0 Å². The molecule has 0 amide bonds. The number of aromatic nitrogens is 2. The molecule has 3 unspecified atom stereocenters. The van der Waals surface area contributed by atoms with Gasteiger partial charge in [0, 0.05) is 12.7 Å². The fourth-order valence-corrected chi connectivity index (χ4v) is 3.53. The molecule has 0 radical (unpaired) electrons. The van der Waals surface area contributed by atoms with E-state index < -0.39 is 0 Å². The Morgan fingerprint density at radius 3 is 2.84 bits per heavy atom. The molecule has 0 bridgehead atoms. The van der Waals surface area contributed by atoms with Crippen LogP contribution in [0.25, 0.3) is 0 Å². The molecule has 3 nitrogen and oxygen atoms in total. The lowest BCUT2D eigenvalue weighted by atomic mass is 9.93. The SMILES string of the molecule is CCCn1nccc1C(NCC)C1CCC(CC)C1.